The third kappa shape index (κ3) is 7.41. The van der Waals surface area contributed by atoms with Crippen molar-refractivity contribution in [3.8, 4) is 10.4 Å². The van der Waals surface area contributed by atoms with Gasteiger partial charge in [0.15, 0.2) is 5.78 Å². The summed E-state index contributed by atoms with van der Waals surface area (Å²) in [6.07, 6.45) is -1.07. The molecule has 1 aliphatic rings. The number of rotatable bonds is 7. The molecular weight excluding hydrogens is 502 g/mol. The van der Waals surface area contributed by atoms with Gasteiger partial charge < -0.3 is 20.1 Å². The van der Waals surface area contributed by atoms with E-state index in [9.17, 15) is 19.5 Å². The second-order valence-corrected chi connectivity index (χ2v) is 13.2. The Hall–Kier alpha value is -2.78. The number of likely N-dealkylation sites (tertiary alicyclic amines) is 1. The van der Waals surface area contributed by atoms with Crippen molar-refractivity contribution in [3.05, 3.63) is 41.0 Å². The number of nitrogens with one attached hydrogen (secondary N) is 1. The summed E-state index contributed by atoms with van der Waals surface area (Å²) < 4.78 is 5.37. The molecular formula is C29H41N3O5S. The molecule has 208 valence electrons. The fourth-order valence-electron chi connectivity index (χ4n) is 4.70. The van der Waals surface area contributed by atoms with Crippen LogP contribution >= 0.6 is 11.3 Å². The van der Waals surface area contributed by atoms with E-state index in [1.807, 2.05) is 64.4 Å². The van der Waals surface area contributed by atoms with Crippen LogP contribution in [0.15, 0.2) is 29.8 Å². The van der Waals surface area contributed by atoms with Crippen molar-refractivity contribution in [2.75, 3.05) is 6.54 Å². The van der Waals surface area contributed by atoms with Crippen LogP contribution in [0.5, 0.6) is 0 Å². The van der Waals surface area contributed by atoms with Crippen LogP contribution in [0.2, 0.25) is 0 Å². The monoisotopic (exact) mass is 543 g/mol. The van der Waals surface area contributed by atoms with Crippen LogP contribution < -0.4 is 5.32 Å². The molecule has 4 atom stereocenters. The summed E-state index contributed by atoms with van der Waals surface area (Å²) in [6, 6.07) is 6.48. The largest absolute Gasteiger partial charge is 0.444 e. The zero-order chi connectivity index (χ0) is 28.4. The van der Waals surface area contributed by atoms with Gasteiger partial charge in [0.1, 0.15) is 11.6 Å². The molecule has 1 aromatic carbocycles. The van der Waals surface area contributed by atoms with Gasteiger partial charge in [-0.1, -0.05) is 52.0 Å². The number of carbonyl (C=O) groups is 3. The van der Waals surface area contributed by atoms with Crippen molar-refractivity contribution in [3.63, 3.8) is 0 Å². The predicted octanol–water partition coefficient (Wildman–Crippen LogP) is 5.08. The molecule has 0 bridgehead atoms. The van der Waals surface area contributed by atoms with Gasteiger partial charge >= 0.3 is 6.09 Å². The van der Waals surface area contributed by atoms with E-state index in [1.54, 1.807) is 32.1 Å². The standard InChI is InChI=1S/C29H41N3O5S/c1-17(19-9-11-20(12-10-19)24-18(2)30-16-38-24)13-23(34)22-14-21(33)15-32(22)26(35)25(28(3,4)5)31-27(36)37-29(6,7)8/h9-12,16-17,21-22,25,33H,13-15H2,1-8H3,(H,31,36)/t17-,21-,22+,25-/m1/s1. The molecule has 2 heterocycles. The second-order valence-electron chi connectivity index (χ2n) is 12.3. The van der Waals surface area contributed by atoms with Gasteiger partial charge in [0.05, 0.1) is 28.2 Å². The maximum atomic E-state index is 13.7. The number of thiazole rings is 1. The number of nitrogens with zero attached hydrogens (tertiary/aromatic N) is 2. The van der Waals surface area contributed by atoms with Crippen LogP contribution in [-0.4, -0.2) is 63.1 Å². The minimum Gasteiger partial charge on any atom is -0.444 e. The number of β-amino-alcohol motifs (C(OH)–C–C–N with tert-alkyl or cyclic N) is 1. The van der Waals surface area contributed by atoms with Crippen molar-refractivity contribution in [1.29, 1.82) is 0 Å². The van der Waals surface area contributed by atoms with E-state index < -0.39 is 41.2 Å². The number of hydrogen-bond acceptors (Lipinski definition) is 7. The summed E-state index contributed by atoms with van der Waals surface area (Å²) in [4.78, 5) is 46.5. The molecule has 1 aromatic heterocycles. The normalized spacial score (nSPS) is 19.7. The molecule has 38 heavy (non-hydrogen) atoms. The third-order valence-corrected chi connectivity index (χ3v) is 7.68. The maximum Gasteiger partial charge on any atom is 0.408 e. The smallest absolute Gasteiger partial charge is 0.408 e. The summed E-state index contributed by atoms with van der Waals surface area (Å²) in [6.45, 7) is 14.8. The van der Waals surface area contributed by atoms with Crippen LogP contribution in [0.4, 0.5) is 4.79 Å². The summed E-state index contributed by atoms with van der Waals surface area (Å²) in [5, 5.41) is 13.1. The van der Waals surface area contributed by atoms with Gasteiger partial charge in [0.2, 0.25) is 5.91 Å². The zero-order valence-corrected chi connectivity index (χ0v) is 24.5. The first-order chi connectivity index (χ1) is 17.6. The Labute approximate surface area is 229 Å². The number of Topliss-reactive ketones (excluding diaryl/α,β-unsaturated/α-hetero) is 1. The van der Waals surface area contributed by atoms with Crippen LogP contribution in [0.25, 0.3) is 10.4 Å². The van der Waals surface area contributed by atoms with Gasteiger partial charge in [-0.15, -0.1) is 11.3 Å². The Balaban J connectivity index is 1.72. The minimum absolute atomic E-state index is 0.0507. The van der Waals surface area contributed by atoms with Gasteiger partial charge in [-0.3, -0.25) is 9.59 Å². The van der Waals surface area contributed by atoms with E-state index >= 15 is 0 Å². The molecule has 1 aliphatic heterocycles. The van der Waals surface area contributed by atoms with Gasteiger partial charge in [-0.2, -0.15) is 0 Å². The SMILES string of the molecule is Cc1ncsc1-c1ccc([C@H](C)CC(=O)[C@@H]2C[C@@H](O)CN2C(=O)[C@@H](NC(=O)OC(C)(C)C)C(C)(C)C)cc1. The third-order valence-electron chi connectivity index (χ3n) is 6.70. The highest BCUT2D eigenvalue weighted by Crippen LogP contribution is 2.31. The molecule has 2 N–H and O–H groups in total. The van der Waals surface area contributed by atoms with E-state index in [1.165, 1.54) is 4.90 Å². The van der Waals surface area contributed by atoms with Crippen LogP contribution in [0.3, 0.4) is 0 Å². The maximum absolute atomic E-state index is 13.7. The Kier molecular flexibility index (Phi) is 9.04. The lowest BCUT2D eigenvalue weighted by Crippen LogP contribution is -2.57. The van der Waals surface area contributed by atoms with E-state index in [2.05, 4.69) is 10.3 Å². The first kappa shape index (κ1) is 29.8. The van der Waals surface area contributed by atoms with E-state index in [-0.39, 0.29) is 31.1 Å². The molecule has 3 rings (SSSR count). The van der Waals surface area contributed by atoms with Crippen LogP contribution in [0, 0.1) is 12.3 Å². The molecule has 0 saturated carbocycles. The fourth-order valence-corrected chi connectivity index (χ4v) is 5.51. The number of aryl methyl sites for hydroxylation is 1. The fraction of sp³-hybridized carbons (Fsp3) is 0.586. The molecule has 0 spiro atoms. The predicted molar refractivity (Wildman–Crippen MR) is 149 cm³/mol. The van der Waals surface area contributed by atoms with Gasteiger partial charge in [0.25, 0.3) is 0 Å². The highest BCUT2D eigenvalue weighted by molar-refractivity contribution is 7.13. The number of ether oxygens (including phenoxy) is 1. The molecule has 8 nitrogen and oxygen atoms in total. The Bertz CT molecular complexity index is 1150. The van der Waals surface area contributed by atoms with E-state index in [0.717, 1.165) is 21.7 Å². The molecule has 1 saturated heterocycles. The van der Waals surface area contributed by atoms with Gasteiger partial charge in [0, 0.05) is 19.4 Å². The Morgan fingerprint density at radius 2 is 1.79 bits per heavy atom. The summed E-state index contributed by atoms with van der Waals surface area (Å²) >= 11 is 1.60. The highest BCUT2D eigenvalue weighted by atomic mass is 32.1. The number of aromatic nitrogens is 1. The number of hydrogen-bond donors (Lipinski definition) is 2. The van der Waals surface area contributed by atoms with Crippen LogP contribution in [0.1, 0.15) is 78.5 Å². The Morgan fingerprint density at radius 3 is 2.32 bits per heavy atom. The highest BCUT2D eigenvalue weighted by Gasteiger charge is 2.44. The molecule has 1 fully saturated rings. The molecule has 2 amide bonds. The first-order valence-electron chi connectivity index (χ1n) is 13.1. The average molecular weight is 544 g/mol. The van der Waals surface area contributed by atoms with E-state index in [4.69, 9.17) is 4.74 Å². The lowest BCUT2D eigenvalue weighted by Gasteiger charge is -2.35. The molecule has 0 unspecified atom stereocenters. The summed E-state index contributed by atoms with van der Waals surface area (Å²) in [5.41, 5.74) is 3.58. The number of ketones is 1. The molecule has 2 aromatic rings. The second kappa shape index (κ2) is 11.5. The number of carbonyl (C=O) groups excluding carboxylic acids is 3. The Morgan fingerprint density at radius 1 is 1.16 bits per heavy atom. The summed E-state index contributed by atoms with van der Waals surface area (Å²) in [5.74, 6) is -0.558. The number of alkyl carbamates (subject to hydrolysis) is 1. The topological polar surface area (TPSA) is 109 Å². The lowest BCUT2D eigenvalue weighted by atomic mass is 9.85. The van der Waals surface area contributed by atoms with Crippen molar-refractivity contribution in [1.82, 2.24) is 15.2 Å². The minimum atomic E-state index is -0.918. The van der Waals surface area contributed by atoms with Crippen LogP contribution in [-0.2, 0) is 14.3 Å². The van der Waals surface area contributed by atoms with Gasteiger partial charge in [-0.05, 0) is 50.2 Å². The quantitative estimate of drug-likeness (QED) is 0.504. The zero-order valence-electron chi connectivity index (χ0n) is 23.7. The number of aliphatic hydroxyl groups is 1. The first-order valence-corrected chi connectivity index (χ1v) is 14.0. The van der Waals surface area contributed by atoms with Crippen molar-refractivity contribution >= 4 is 29.1 Å². The van der Waals surface area contributed by atoms with Gasteiger partial charge in [-0.25, -0.2) is 9.78 Å². The lowest BCUT2D eigenvalue weighted by molar-refractivity contribution is -0.141. The molecule has 9 heteroatoms. The average Bonchev–Trinajstić information content (AvgIpc) is 3.40. The van der Waals surface area contributed by atoms with Crippen molar-refractivity contribution in [2.24, 2.45) is 5.41 Å². The molecule has 0 radical (unpaired) electrons. The van der Waals surface area contributed by atoms with Crippen molar-refractivity contribution < 1.29 is 24.2 Å². The van der Waals surface area contributed by atoms with E-state index in [0.29, 0.717) is 0 Å². The summed E-state index contributed by atoms with van der Waals surface area (Å²) in [7, 11) is 0. The number of aliphatic hydroxyl groups excluding tert-OH is 1. The molecule has 0 aliphatic carbocycles. The van der Waals surface area contributed by atoms with Crippen molar-refractivity contribution in [2.45, 2.75) is 97.9 Å². The number of amides is 2. The number of benzene rings is 1.